The predicted molar refractivity (Wildman–Crippen MR) is 145 cm³/mol. The zero-order chi connectivity index (χ0) is 25.8. The van der Waals surface area contributed by atoms with Crippen LogP contribution < -0.4 is 10.6 Å². The number of carbonyl (C=O) groups excluding carboxylic acids is 1. The Balaban J connectivity index is 1.28. The molecule has 4 aromatic rings. The normalized spacial score (nSPS) is 21.9. The molecule has 2 bridgehead atoms. The summed E-state index contributed by atoms with van der Waals surface area (Å²) < 4.78 is 9.59. The third-order valence-electron chi connectivity index (χ3n) is 8.42. The predicted octanol–water partition coefficient (Wildman–Crippen LogP) is 3.39. The monoisotopic (exact) mass is 512 g/mol. The summed E-state index contributed by atoms with van der Waals surface area (Å²) in [7, 11) is 0. The Kier molecular flexibility index (Phi) is 5.57. The number of hydrogen-bond acceptors (Lipinski definition) is 7. The average molecular weight is 513 g/mol. The number of anilines is 2. The molecule has 0 aliphatic carbocycles. The van der Waals surface area contributed by atoms with Gasteiger partial charge in [0.15, 0.2) is 5.82 Å². The van der Waals surface area contributed by atoms with E-state index in [2.05, 4.69) is 60.0 Å². The van der Waals surface area contributed by atoms with Crippen molar-refractivity contribution in [3.8, 4) is 22.5 Å². The maximum atomic E-state index is 12.2. The van der Waals surface area contributed by atoms with E-state index in [9.17, 15) is 4.79 Å². The van der Waals surface area contributed by atoms with Crippen LogP contribution in [0.4, 0.5) is 11.5 Å². The largest absolute Gasteiger partial charge is 0.382 e. The first-order valence-electron chi connectivity index (χ1n) is 13.5. The second kappa shape index (κ2) is 9.13. The summed E-state index contributed by atoms with van der Waals surface area (Å²) in [6, 6.07) is 13.6. The van der Waals surface area contributed by atoms with Gasteiger partial charge in [0, 0.05) is 68.3 Å². The average Bonchev–Trinajstić information content (AvgIpc) is 3.64. The van der Waals surface area contributed by atoms with Crippen molar-refractivity contribution in [3.63, 3.8) is 0 Å². The Morgan fingerprint density at radius 3 is 2.53 bits per heavy atom. The van der Waals surface area contributed by atoms with Crippen LogP contribution in [-0.2, 0) is 9.53 Å². The van der Waals surface area contributed by atoms with Crippen molar-refractivity contribution < 1.29 is 9.53 Å². The zero-order valence-corrected chi connectivity index (χ0v) is 21.5. The van der Waals surface area contributed by atoms with Crippen LogP contribution in [-0.4, -0.2) is 73.6 Å². The highest BCUT2D eigenvalue weighted by Crippen LogP contribution is 2.38. The molecule has 38 heavy (non-hydrogen) atoms. The van der Waals surface area contributed by atoms with Crippen molar-refractivity contribution in [3.05, 3.63) is 48.9 Å². The Labute approximate surface area is 221 Å². The number of nitrogens with zero attached hydrogens (tertiary/aromatic N) is 7. The highest BCUT2D eigenvalue weighted by molar-refractivity contribution is 5.91. The quantitative estimate of drug-likeness (QED) is 0.447. The SMILES string of the molecule is CC(=O)N1C2CCC1CN(c1cccc(-c3cc(-c4ccnn4C4CCOCC4)c4c(N)ncnn34)c1)C2. The number of nitrogens with two attached hydrogens (primary N) is 1. The van der Waals surface area contributed by atoms with Crippen LogP contribution in [0.1, 0.15) is 38.6 Å². The molecule has 0 radical (unpaired) electrons. The van der Waals surface area contributed by atoms with Crippen molar-refractivity contribution in [2.45, 2.75) is 50.7 Å². The molecular formula is C28H32N8O2. The number of fused-ring (bicyclic) bond motifs is 3. The van der Waals surface area contributed by atoms with Crippen molar-refractivity contribution >= 4 is 22.9 Å². The lowest BCUT2D eigenvalue weighted by Crippen LogP contribution is -2.55. The van der Waals surface area contributed by atoms with E-state index in [1.54, 1.807) is 6.92 Å². The smallest absolute Gasteiger partial charge is 0.220 e. The fourth-order valence-electron chi connectivity index (χ4n) is 6.71. The molecule has 10 heteroatoms. The van der Waals surface area contributed by atoms with Gasteiger partial charge in [0.25, 0.3) is 0 Å². The first kappa shape index (κ1) is 23.2. The molecule has 3 fully saturated rings. The number of amides is 1. The molecule has 0 saturated carbocycles. The van der Waals surface area contributed by atoms with Crippen LogP contribution in [0.5, 0.6) is 0 Å². The van der Waals surface area contributed by atoms with Gasteiger partial charge in [-0.3, -0.25) is 9.48 Å². The van der Waals surface area contributed by atoms with E-state index in [-0.39, 0.29) is 24.0 Å². The highest BCUT2D eigenvalue weighted by Gasteiger charge is 2.41. The number of carbonyl (C=O) groups is 1. The summed E-state index contributed by atoms with van der Waals surface area (Å²) in [6.45, 7) is 4.90. The van der Waals surface area contributed by atoms with Crippen molar-refractivity contribution in [2.24, 2.45) is 0 Å². The van der Waals surface area contributed by atoms with E-state index in [1.165, 1.54) is 6.33 Å². The first-order valence-corrected chi connectivity index (χ1v) is 13.5. The number of benzene rings is 1. The van der Waals surface area contributed by atoms with Gasteiger partial charge in [-0.15, -0.1) is 0 Å². The molecule has 6 heterocycles. The first-order chi connectivity index (χ1) is 18.6. The van der Waals surface area contributed by atoms with Gasteiger partial charge in [-0.05, 0) is 49.9 Å². The summed E-state index contributed by atoms with van der Waals surface area (Å²) in [6.07, 6.45) is 7.37. The highest BCUT2D eigenvalue weighted by atomic mass is 16.5. The van der Waals surface area contributed by atoms with Crippen molar-refractivity contribution in [1.82, 2.24) is 29.3 Å². The molecule has 2 atom stereocenters. The molecule has 196 valence electrons. The molecule has 3 aliphatic heterocycles. The van der Waals surface area contributed by atoms with Gasteiger partial charge in [0.2, 0.25) is 5.91 Å². The third-order valence-corrected chi connectivity index (χ3v) is 8.42. The minimum atomic E-state index is 0.190. The fraction of sp³-hybridized carbons (Fsp3) is 0.429. The molecule has 1 aromatic carbocycles. The molecule has 7 rings (SSSR count). The molecule has 2 unspecified atom stereocenters. The Morgan fingerprint density at radius 2 is 1.76 bits per heavy atom. The summed E-state index contributed by atoms with van der Waals surface area (Å²) in [4.78, 5) is 21.0. The standard InChI is InChI=1S/C28H32N8O2/c1-18(37)34-22-5-6-23(34)16-33(15-22)21-4-2-3-19(13-21)26-14-24(27-28(29)30-17-32-36(26)27)25-7-10-31-35(25)20-8-11-38-12-9-20/h2-4,7,10,13-14,17,20,22-23H,5-6,8-9,11-12,15-16H2,1H3,(H2,29,30,32). The van der Waals surface area contributed by atoms with Crippen LogP contribution in [0, 0.1) is 0 Å². The number of aromatic nitrogens is 5. The molecule has 3 saturated heterocycles. The number of hydrogen-bond donors (Lipinski definition) is 1. The van der Waals surface area contributed by atoms with Crippen molar-refractivity contribution in [2.75, 3.05) is 36.9 Å². The van der Waals surface area contributed by atoms with Gasteiger partial charge in [-0.2, -0.15) is 10.2 Å². The maximum absolute atomic E-state index is 12.2. The second-order valence-electron chi connectivity index (χ2n) is 10.6. The molecule has 1 amide bonds. The summed E-state index contributed by atoms with van der Waals surface area (Å²) in [5.74, 6) is 0.629. The summed E-state index contributed by atoms with van der Waals surface area (Å²) in [5, 5.41) is 9.30. The zero-order valence-electron chi connectivity index (χ0n) is 21.5. The van der Waals surface area contributed by atoms with Crippen LogP contribution >= 0.6 is 0 Å². The van der Waals surface area contributed by atoms with Crippen LogP contribution in [0.2, 0.25) is 0 Å². The molecule has 2 N–H and O–H groups in total. The van der Waals surface area contributed by atoms with Crippen molar-refractivity contribution in [1.29, 1.82) is 0 Å². The lowest BCUT2D eigenvalue weighted by molar-refractivity contribution is -0.132. The van der Waals surface area contributed by atoms with E-state index in [4.69, 9.17) is 10.5 Å². The van der Waals surface area contributed by atoms with E-state index in [0.717, 1.165) is 85.7 Å². The molecular weight excluding hydrogens is 480 g/mol. The van der Waals surface area contributed by atoms with Crippen LogP contribution in [0.3, 0.4) is 0 Å². The topological polar surface area (TPSA) is 107 Å². The van der Waals surface area contributed by atoms with Gasteiger partial charge in [0.1, 0.15) is 11.8 Å². The van der Waals surface area contributed by atoms with Gasteiger partial charge >= 0.3 is 0 Å². The van der Waals surface area contributed by atoms with E-state index < -0.39 is 0 Å². The van der Waals surface area contributed by atoms with Gasteiger partial charge in [-0.1, -0.05) is 12.1 Å². The minimum Gasteiger partial charge on any atom is -0.382 e. The Bertz CT molecular complexity index is 1490. The Morgan fingerprint density at radius 1 is 0.974 bits per heavy atom. The van der Waals surface area contributed by atoms with E-state index in [0.29, 0.717) is 5.82 Å². The fourth-order valence-corrected chi connectivity index (χ4v) is 6.71. The van der Waals surface area contributed by atoms with Crippen LogP contribution in [0.25, 0.3) is 28.0 Å². The third kappa shape index (κ3) is 3.74. The van der Waals surface area contributed by atoms with Crippen LogP contribution in [0.15, 0.2) is 48.9 Å². The van der Waals surface area contributed by atoms with Gasteiger partial charge in [-0.25, -0.2) is 9.50 Å². The van der Waals surface area contributed by atoms with E-state index >= 15 is 0 Å². The molecule has 3 aliphatic rings. The number of rotatable bonds is 4. The lowest BCUT2D eigenvalue weighted by atomic mass is 10.1. The van der Waals surface area contributed by atoms with Gasteiger partial charge in [0.05, 0.1) is 17.4 Å². The number of nitrogen functional groups attached to an aromatic ring is 1. The molecule has 3 aromatic heterocycles. The summed E-state index contributed by atoms with van der Waals surface area (Å²) >= 11 is 0. The molecule has 0 spiro atoms. The number of ether oxygens (including phenoxy) is 1. The second-order valence-corrected chi connectivity index (χ2v) is 10.6. The van der Waals surface area contributed by atoms with Gasteiger partial charge < -0.3 is 20.3 Å². The Hall–Kier alpha value is -3.92. The maximum Gasteiger partial charge on any atom is 0.220 e. The minimum absolute atomic E-state index is 0.190. The lowest BCUT2D eigenvalue weighted by Gasteiger charge is -2.41. The molecule has 10 nitrogen and oxygen atoms in total. The number of piperazine rings is 1. The summed E-state index contributed by atoms with van der Waals surface area (Å²) in [5.41, 5.74) is 12.4. The van der Waals surface area contributed by atoms with E-state index in [1.807, 2.05) is 16.8 Å².